The van der Waals surface area contributed by atoms with E-state index < -0.39 is 11.7 Å². The number of benzene rings is 1. The molecule has 184 valence electrons. The molecule has 2 aliphatic heterocycles. The van der Waals surface area contributed by atoms with Crippen molar-refractivity contribution in [1.29, 1.82) is 0 Å². The fourth-order valence-corrected chi connectivity index (χ4v) is 4.80. The Morgan fingerprint density at radius 2 is 1.91 bits per heavy atom. The van der Waals surface area contributed by atoms with E-state index in [0.717, 1.165) is 11.3 Å². The van der Waals surface area contributed by atoms with Crippen molar-refractivity contribution in [2.24, 2.45) is 5.92 Å². The molecule has 1 N–H and O–H groups in total. The average Bonchev–Trinajstić information content (AvgIpc) is 3.37. The lowest BCUT2D eigenvalue weighted by Crippen LogP contribution is -2.61. The Morgan fingerprint density at radius 3 is 2.57 bits per heavy atom. The molecule has 2 saturated heterocycles. The summed E-state index contributed by atoms with van der Waals surface area (Å²) in [4.78, 5) is 32.4. The Bertz CT molecular complexity index is 1230. The van der Waals surface area contributed by atoms with Crippen LogP contribution >= 0.6 is 11.6 Å². The number of aryl methyl sites for hydroxylation is 1. The summed E-state index contributed by atoms with van der Waals surface area (Å²) in [6, 6.07) is 7.34. The Kier molecular flexibility index (Phi) is 6.10. The van der Waals surface area contributed by atoms with Gasteiger partial charge in [0.25, 0.3) is 0 Å². The number of anilines is 2. The third-order valence-corrected chi connectivity index (χ3v) is 6.55. The molecule has 3 aromatic rings. The first kappa shape index (κ1) is 23.5. The van der Waals surface area contributed by atoms with Gasteiger partial charge in [0.15, 0.2) is 5.60 Å². The van der Waals surface area contributed by atoms with E-state index >= 15 is 0 Å². The largest absolute Gasteiger partial charge is 0.435 e. The van der Waals surface area contributed by atoms with Crippen molar-refractivity contribution in [3.8, 4) is 0 Å². The molecule has 10 nitrogen and oxygen atoms in total. The Morgan fingerprint density at radius 1 is 1.17 bits per heavy atom. The number of hydrogen-bond acceptors (Lipinski definition) is 8. The minimum absolute atomic E-state index is 0.127. The van der Waals surface area contributed by atoms with Gasteiger partial charge >= 0.3 is 6.09 Å². The summed E-state index contributed by atoms with van der Waals surface area (Å²) in [5.74, 6) is 1.27. The van der Waals surface area contributed by atoms with Gasteiger partial charge in [0, 0.05) is 17.8 Å². The topological polar surface area (TPSA) is 107 Å². The molecule has 0 bridgehead atoms. The van der Waals surface area contributed by atoms with Gasteiger partial charge in [0.1, 0.15) is 5.82 Å². The van der Waals surface area contributed by atoms with Gasteiger partial charge in [0.05, 0.1) is 37.3 Å². The third kappa shape index (κ3) is 4.55. The molecule has 4 heterocycles. The fourth-order valence-electron chi connectivity index (χ4n) is 4.67. The van der Waals surface area contributed by atoms with Crippen molar-refractivity contribution in [3.05, 3.63) is 58.9 Å². The number of halogens is 1. The molecule has 11 heteroatoms. The molecule has 1 unspecified atom stereocenters. The Hall–Kier alpha value is -3.24. The van der Waals surface area contributed by atoms with Crippen LogP contribution in [0.2, 0.25) is 5.02 Å². The van der Waals surface area contributed by atoms with Crippen LogP contribution in [-0.2, 0) is 16.0 Å². The first-order valence-corrected chi connectivity index (χ1v) is 12.0. The van der Waals surface area contributed by atoms with Crippen molar-refractivity contribution in [1.82, 2.24) is 24.5 Å². The van der Waals surface area contributed by atoms with E-state index in [9.17, 15) is 4.79 Å². The third-order valence-electron chi connectivity index (χ3n) is 6.30. The first-order chi connectivity index (χ1) is 16.7. The van der Waals surface area contributed by atoms with E-state index in [1.54, 1.807) is 18.2 Å². The zero-order chi connectivity index (χ0) is 24.7. The predicted octanol–water partition coefficient (Wildman–Crippen LogP) is 4.00. The van der Waals surface area contributed by atoms with Crippen LogP contribution in [0.4, 0.5) is 16.7 Å². The smallest absolute Gasteiger partial charge is 0.417 e. The van der Waals surface area contributed by atoms with Gasteiger partial charge in [-0.25, -0.2) is 14.7 Å². The lowest BCUT2D eigenvalue weighted by Gasteiger charge is -2.42. The highest BCUT2D eigenvalue weighted by Crippen LogP contribution is 2.41. The fraction of sp³-hybridized carbons (Fsp3) is 0.458. The van der Waals surface area contributed by atoms with Gasteiger partial charge < -0.3 is 19.4 Å². The van der Waals surface area contributed by atoms with Crippen LogP contribution < -0.4 is 10.2 Å². The maximum atomic E-state index is 12.8. The van der Waals surface area contributed by atoms with E-state index in [1.807, 2.05) is 42.0 Å². The lowest BCUT2D eigenvalue weighted by atomic mass is 9.84. The molecule has 2 fully saturated rings. The van der Waals surface area contributed by atoms with E-state index in [4.69, 9.17) is 21.1 Å². The maximum Gasteiger partial charge on any atom is 0.417 e. The normalized spacial score (nSPS) is 19.7. The number of carbonyl (C=O) groups is 1. The number of imidazole rings is 1. The summed E-state index contributed by atoms with van der Waals surface area (Å²) in [5.41, 5.74) is 1.32. The van der Waals surface area contributed by atoms with Crippen LogP contribution in [0.3, 0.4) is 0 Å². The summed E-state index contributed by atoms with van der Waals surface area (Å²) in [7, 11) is 0. The maximum absolute atomic E-state index is 12.8. The number of nitrogens with zero attached hydrogens (tertiary/aromatic N) is 6. The summed E-state index contributed by atoms with van der Waals surface area (Å²) in [5, 5.41) is 4.01. The lowest BCUT2D eigenvalue weighted by molar-refractivity contribution is -0.174. The standard InChI is InChI=1S/C24H28ClN7O3/c1-14(2)20-24(11-34-12-24)35-23(33)32(20)22-29-16(4)28-21(30-22)27-15(3)19-10-31(13-26-19)9-17-5-7-18(25)8-6-17/h5-8,10,13-15,20H,9,11-12H2,1-4H3,(H,27,28,29,30)/t15-,20?/m0/s1. The second-order valence-electron chi connectivity index (χ2n) is 9.45. The predicted molar refractivity (Wildman–Crippen MR) is 131 cm³/mol. The van der Waals surface area contributed by atoms with Crippen molar-refractivity contribution in [2.75, 3.05) is 23.4 Å². The molecule has 0 aliphatic carbocycles. The zero-order valence-electron chi connectivity index (χ0n) is 20.1. The highest BCUT2D eigenvalue weighted by molar-refractivity contribution is 6.30. The molecule has 0 radical (unpaired) electrons. The van der Waals surface area contributed by atoms with E-state index in [-0.39, 0.29) is 23.9 Å². The second kappa shape index (κ2) is 9.09. The molecular formula is C24H28ClN7O3. The molecule has 1 amide bonds. The van der Waals surface area contributed by atoms with Crippen molar-refractivity contribution in [2.45, 2.75) is 51.9 Å². The molecule has 1 spiro atoms. The number of ether oxygens (including phenoxy) is 2. The summed E-state index contributed by atoms with van der Waals surface area (Å²) >= 11 is 5.98. The Labute approximate surface area is 208 Å². The number of aromatic nitrogens is 5. The highest BCUT2D eigenvalue weighted by atomic mass is 35.5. The van der Waals surface area contributed by atoms with E-state index in [1.165, 1.54) is 0 Å². The van der Waals surface area contributed by atoms with Crippen molar-refractivity contribution in [3.63, 3.8) is 0 Å². The number of amides is 1. The molecular weight excluding hydrogens is 470 g/mol. The Balaban J connectivity index is 1.33. The molecule has 35 heavy (non-hydrogen) atoms. The molecule has 2 aromatic heterocycles. The van der Waals surface area contributed by atoms with Crippen LogP contribution in [0.1, 0.15) is 43.9 Å². The van der Waals surface area contributed by atoms with E-state index in [0.29, 0.717) is 36.6 Å². The van der Waals surface area contributed by atoms with Crippen molar-refractivity contribution < 1.29 is 14.3 Å². The molecule has 2 aliphatic rings. The summed E-state index contributed by atoms with van der Waals surface area (Å²) < 4.78 is 13.1. The number of hydrogen-bond donors (Lipinski definition) is 1. The number of rotatable bonds is 7. The van der Waals surface area contributed by atoms with Crippen molar-refractivity contribution >= 4 is 29.6 Å². The highest BCUT2D eigenvalue weighted by Gasteiger charge is 2.61. The molecule has 1 aromatic carbocycles. The van der Waals surface area contributed by atoms with Crippen LogP contribution in [0.5, 0.6) is 0 Å². The number of carbonyl (C=O) groups excluding carboxylic acids is 1. The van der Waals surface area contributed by atoms with Crippen LogP contribution in [-0.4, -0.2) is 55.5 Å². The SMILES string of the molecule is Cc1nc(N[C@@H](C)c2cn(Cc3ccc(Cl)cc3)cn2)nc(N2C(=O)OC3(COC3)C2C(C)C)n1. The first-order valence-electron chi connectivity index (χ1n) is 11.6. The van der Waals surface area contributed by atoms with Crippen LogP contribution in [0.25, 0.3) is 0 Å². The quantitative estimate of drug-likeness (QED) is 0.522. The molecule has 5 rings (SSSR count). The van der Waals surface area contributed by atoms with E-state index in [2.05, 4.69) is 39.1 Å². The second-order valence-corrected chi connectivity index (χ2v) is 9.89. The zero-order valence-corrected chi connectivity index (χ0v) is 20.9. The minimum Gasteiger partial charge on any atom is -0.435 e. The van der Waals surface area contributed by atoms with Gasteiger partial charge in [-0.3, -0.25) is 0 Å². The van der Waals surface area contributed by atoms with Crippen LogP contribution in [0, 0.1) is 12.8 Å². The average molecular weight is 498 g/mol. The van der Waals surface area contributed by atoms with Gasteiger partial charge in [-0.1, -0.05) is 37.6 Å². The van der Waals surface area contributed by atoms with Gasteiger partial charge in [-0.2, -0.15) is 15.0 Å². The van der Waals surface area contributed by atoms with Gasteiger partial charge in [-0.15, -0.1) is 0 Å². The van der Waals surface area contributed by atoms with Gasteiger partial charge in [0.2, 0.25) is 11.9 Å². The monoisotopic (exact) mass is 497 g/mol. The molecule has 2 atom stereocenters. The summed E-state index contributed by atoms with van der Waals surface area (Å²) in [6.45, 7) is 9.30. The molecule has 0 saturated carbocycles. The van der Waals surface area contributed by atoms with Gasteiger partial charge in [-0.05, 0) is 37.5 Å². The summed E-state index contributed by atoms with van der Waals surface area (Å²) in [6.07, 6.45) is 3.31. The minimum atomic E-state index is -0.649. The number of nitrogens with one attached hydrogen (secondary N) is 1. The van der Waals surface area contributed by atoms with Crippen LogP contribution in [0.15, 0.2) is 36.8 Å².